The summed E-state index contributed by atoms with van der Waals surface area (Å²) in [5, 5.41) is 0.170. The van der Waals surface area contributed by atoms with Crippen LogP contribution in [-0.4, -0.2) is 15.9 Å². The summed E-state index contributed by atoms with van der Waals surface area (Å²) in [4.78, 5) is 18.1. The van der Waals surface area contributed by atoms with Gasteiger partial charge in [-0.2, -0.15) is 13.2 Å². The minimum Gasteiger partial charge on any atom is -0.364 e. The second-order valence-corrected chi connectivity index (χ2v) is 3.35. The molecule has 2 aromatic rings. The highest BCUT2D eigenvalue weighted by Crippen LogP contribution is 2.30. The first-order valence-corrected chi connectivity index (χ1v) is 4.51. The number of amides is 1. The second-order valence-electron chi connectivity index (χ2n) is 3.35. The fourth-order valence-electron chi connectivity index (χ4n) is 1.32. The molecule has 0 aliphatic heterocycles. The van der Waals surface area contributed by atoms with Crippen LogP contribution in [-0.2, 0) is 6.18 Å². The van der Waals surface area contributed by atoms with Gasteiger partial charge in [-0.3, -0.25) is 9.78 Å². The van der Waals surface area contributed by atoms with E-state index in [0.717, 1.165) is 6.07 Å². The molecule has 0 spiro atoms. The molecular formula is C10H6F3N3O. The number of nitrogens with two attached hydrogens (primary N) is 1. The third-order valence-corrected chi connectivity index (χ3v) is 2.15. The normalized spacial score (nSPS) is 11.7. The number of fused-ring (bicyclic) bond motifs is 1. The van der Waals surface area contributed by atoms with Crippen molar-refractivity contribution >= 4 is 16.8 Å². The van der Waals surface area contributed by atoms with E-state index in [0.29, 0.717) is 6.20 Å². The molecule has 7 heteroatoms. The summed E-state index contributed by atoms with van der Waals surface area (Å²) in [6.07, 6.45) is -2.55. The standard InChI is InChI=1S/C10H6F3N3O/c11-10(12,13)6-1-5-2-7(9(14)17)16-4-8(5)15-3-6/h1-4H,(H2,14,17). The molecule has 17 heavy (non-hydrogen) atoms. The molecule has 0 aliphatic carbocycles. The lowest BCUT2D eigenvalue weighted by molar-refractivity contribution is -0.137. The predicted octanol–water partition coefficient (Wildman–Crippen LogP) is 1.75. The Morgan fingerprint density at radius 2 is 1.88 bits per heavy atom. The smallest absolute Gasteiger partial charge is 0.364 e. The highest BCUT2D eigenvalue weighted by atomic mass is 19.4. The van der Waals surface area contributed by atoms with E-state index in [9.17, 15) is 18.0 Å². The summed E-state index contributed by atoms with van der Waals surface area (Å²) < 4.78 is 37.3. The third kappa shape index (κ3) is 2.17. The van der Waals surface area contributed by atoms with Crippen LogP contribution in [0.25, 0.3) is 10.9 Å². The molecule has 0 bridgehead atoms. The number of nitrogens with zero attached hydrogens (tertiary/aromatic N) is 2. The van der Waals surface area contributed by atoms with Crippen LogP contribution in [0.1, 0.15) is 16.1 Å². The number of aromatic nitrogens is 2. The van der Waals surface area contributed by atoms with Gasteiger partial charge < -0.3 is 5.73 Å². The summed E-state index contributed by atoms with van der Waals surface area (Å²) in [7, 11) is 0. The van der Waals surface area contributed by atoms with Crippen molar-refractivity contribution in [2.45, 2.75) is 6.18 Å². The molecule has 0 atom stereocenters. The Hall–Kier alpha value is -2.18. The quantitative estimate of drug-likeness (QED) is 0.826. The molecule has 2 rings (SSSR count). The Balaban J connectivity index is 2.62. The Labute approximate surface area is 93.3 Å². The van der Waals surface area contributed by atoms with Crippen LogP contribution >= 0.6 is 0 Å². The lowest BCUT2D eigenvalue weighted by Crippen LogP contribution is -2.13. The van der Waals surface area contributed by atoms with Crippen molar-refractivity contribution in [1.82, 2.24) is 9.97 Å². The zero-order chi connectivity index (χ0) is 12.6. The lowest BCUT2D eigenvalue weighted by atomic mass is 10.1. The molecule has 0 aromatic carbocycles. The minimum absolute atomic E-state index is 0.0985. The van der Waals surface area contributed by atoms with Gasteiger partial charge in [-0.1, -0.05) is 0 Å². The lowest BCUT2D eigenvalue weighted by Gasteiger charge is -2.07. The summed E-state index contributed by atoms with van der Waals surface area (Å²) in [6, 6.07) is 2.08. The van der Waals surface area contributed by atoms with Crippen molar-refractivity contribution in [3.05, 3.63) is 35.8 Å². The van der Waals surface area contributed by atoms with Crippen LogP contribution in [0.5, 0.6) is 0 Å². The Morgan fingerprint density at radius 1 is 1.18 bits per heavy atom. The second kappa shape index (κ2) is 3.69. The number of halogens is 3. The molecule has 0 radical (unpaired) electrons. The fourth-order valence-corrected chi connectivity index (χ4v) is 1.32. The maximum atomic E-state index is 12.4. The van der Waals surface area contributed by atoms with E-state index < -0.39 is 17.6 Å². The van der Waals surface area contributed by atoms with Crippen molar-refractivity contribution in [3.8, 4) is 0 Å². The van der Waals surface area contributed by atoms with Gasteiger partial charge in [0.1, 0.15) is 5.69 Å². The van der Waals surface area contributed by atoms with Crippen LogP contribution in [0.2, 0.25) is 0 Å². The first-order valence-electron chi connectivity index (χ1n) is 4.51. The number of pyridine rings is 2. The predicted molar refractivity (Wildman–Crippen MR) is 53.1 cm³/mol. The number of primary amides is 1. The van der Waals surface area contributed by atoms with Crippen LogP contribution in [0.4, 0.5) is 13.2 Å². The first-order chi connectivity index (χ1) is 7.88. The molecule has 1 amide bonds. The molecule has 0 fully saturated rings. The topological polar surface area (TPSA) is 68.9 Å². The molecule has 0 saturated heterocycles. The number of rotatable bonds is 1. The van der Waals surface area contributed by atoms with E-state index in [4.69, 9.17) is 5.73 Å². The Morgan fingerprint density at radius 3 is 2.47 bits per heavy atom. The van der Waals surface area contributed by atoms with E-state index in [2.05, 4.69) is 9.97 Å². The zero-order valence-electron chi connectivity index (χ0n) is 8.32. The number of hydrogen-bond donors (Lipinski definition) is 1. The van der Waals surface area contributed by atoms with E-state index in [-0.39, 0.29) is 16.6 Å². The van der Waals surface area contributed by atoms with E-state index in [1.807, 2.05) is 0 Å². The average molecular weight is 241 g/mol. The van der Waals surface area contributed by atoms with E-state index in [1.54, 1.807) is 0 Å². The van der Waals surface area contributed by atoms with Crippen molar-refractivity contribution in [2.75, 3.05) is 0 Å². The molecule has 0 aliphatic rings. The highest BCUT2D eigenvalue weighted by molar-refractivity contribution is 5.94. The third-order valence-electron chi connectivity index (χ3n) is 2.15. The largest absolute Gasteiger partial charge is 0.417 e. The van der Waals surface area contributed by atoms with Gasteiger partial charge >= 0.3 is 6.18 Å². The summed E-state index contributed by atoms with van der Waals surface area (Å²) in [5.74, 6) is -0.802. The number of hydrogen-bond acceptors (Lipinski definition) is 3. The van der Waals surface area contributed by atoms with E-state index in [1.165, 1.54) is 12.3 Å². The Kier molecular flexibility index (Phi) is 2.45. The maximum Gasteiger partial charge on any atom is 0.417 e. The highest BCUT2D eigenvalue weighted by Gasteiger charge is 2.31. The monoisotopic (exact) mass is 241 g/mol. The van der Waals surface area contributed by atoms with Gasteiger partial charge in [-0.15, -0.1) is 0 Å². The van der Waals surface area contributed by atoms with Crippen LogP contribution < -0.4 is 5.73 Å². The number of alkyl halides is 3. The number of carbonyl (C=O) groups is 1. The van der Waals surface area contributed by atoms with Gasteiger partial charge in [0.2, 0.25) is 0 Å². The summed E-state index contributed by atoms with van der Waals surface area (Å²) in [6.45, 7) is 0. The van der Waals surface area contributed by atoms with Gasteiger partial charge in [-0.25, -0.2) is 4.98 Å². The molecule has 2 aromatic heterocycles. The van der Waals surface area contributed by atoms with Gasteiger partial charge in [0.25, 0.3) is 5.91 Å². The SMILES string of the molecule is NC(=O)c1cc2cc(C(F)(F)F)cnc2cn1. The van der Waals surface area contributed by atoms with Crippen LogP contribution in [0.3, 0.4) is 0 Å². The van der Waals surface area contributed by atoms with Gasteiger partial charge in [-0.05, 0) is 12.1 Å². The average Bonchev–Trinajstić information content (AvgIpc) is 2.26. The fraction of sp³-hybridized carbons (Fsp3) is 0.100. The van der Waals surface area contributed by atoms with Gasteiger partial charge in [0, 0.05) is 11.6 Å². The molecule has 0 unspecified atom stereocenters. The molecule has 2 N–H and O–H groups in total. The maximum absolute atomic E-state index is 12.4. The molecule has 2 heterocycles. The summed E-state index contributed by atoms with van der Waals surface area (Å²) in [5.41, 5.74) is 4.27. The minimum atomic E-state index is -4.47. The van der Waals surface area contributed by atoms with Crippen molar-refractivity contribution in [2.24, 2.45) is 5.73 Å². The van der Waals surface area contributed by atoms with Crippen LogP contribution in [0, 0.1) is 0 Å². The number of carbonyl (C=O) groups excluding carboxylic acids is 1. The molecular weight excluding hydrogens is 235 g/mol. The molecule has 0 saturated carbocycles. The Bertz CT molecular complexity index is 595. The van der Waals surface area contributed by atoms with Crippen molar-refractivity contribution < 1.29 is 18.0 Å². The zero-order valence-corrected chi connectivity index (χ0v) is 8.32. The van der Waals surface area contributed by atoms with E-state index >= 15 is 0 Å². The molecule has 88 valence electrons. The summed E-state index contributed by atoms with van der Waals surface area (Å²) >= 11 is 0. The van der Waals surface area contributed by atoms with Gasteiger partial charge in [0.05, 0.1) is 17.3 Å². The van der Waals surface area contributed by atoms with Crippen LogP contribution in [0.15, 0.2) is 24.5 Å². The molecule has 4 nitrogen and oxygen atoms in total. The van der Waals surface area contributed by atoms with Crippen molar-refractivity contribution in [1.29, 1.82) is 0 Å². The van der Waals surface area contributed by atoms with Crippen molar-refractivity contribution in [3.63, 3.8) is 0 Å². The first kappa shape index (κ1) is 11.3. The van der Waals surface area contributed by atoms with Gasteiger partial charge in [0.15, 0.2) is 0 Å².